The van der Waals surface area contributed by atoms with E-state index in [0.717, 1.165) is 30.2 Å². The minimum Gasteiger partial charge on any atom is -0.464 e. The van der Waals surface area contributed by atoms with E-state index < -0.39 is 0 Å². The number of urea groups is 1. The van der Waals surface area contributed by atoms with Crippen molar-refractivity contribution in [2.75, 3.05) is 0 Å². The number of carbonyl (C=O) groups excluding carboxylic acids is 1. The van der Waals surface area contributed by atoms with E-state index in [0.29, 0.717) is 24.4 Å². The quantitative estimate of drug-likeness (QED) is 0.875. The lowest BCUT2D eigenvalue weighted by Gasteiger charge is -2.24. The second-order valence-electron chi connectivity index (χ2n) is 7.45. The summed E-state index contributed by atoms with van der Waals surface area (Å²) in [5.74, 6) is 3.95. The van der Waals surface area contributed by atoms with Crippen molar-refractivity contribution in [3.63, 3.8) is 0 Å². The van der Waals surface area contributed by atoms with E-state index in [4.69, 9.17) is 4.42 Å². The molecule has 7 heteroatoms. The minimum absolute atomic E-state index is 0.0734. The lowest BCUT2D eigenvalue weighted by atomic mass is 10.3. The largest absolute Gasteiger partial charge is 0.464 e. The van der Waals surface area contributed by atoms with Crippen molar-refractivity contribution in [2.45, 2.75) is 57.7 Å². The summed E-state index contributed by atoms with van der Waals surface area (Å²) in [5, 5.41) is 11.0. The number of hydrogen-bond donors (Lipinski definition) is 1. The zero-order chi connectivity index (χ0) is 17.6. The van der Waals surface area contributed by atoms with Crippen LogP contribution >= 0.6 is 0 Å². The molecule has 0 spiro atoms. The van der Waals surface area contributed by atoms with E-state index >= 15 is 0 Å². The summed E-state index contributed by atoms with van der Waals surface area (Å²) in [6.45, 7) is 4.68. The van der Waals surface area contributed by atoms with Gasteiger partial charge in [-0.1, -0.05) is 6.92 Å². The molecule has 0 aliphatic heterocycles. The van der Waals surface area contributed by atoms with Crippen LogP contribution in [0, 0.1) is 5.92 Å². The summed E-state index contributed by atoms with van der Waals surface area (Å²) in [5.41, 5.74) is 0. The molecule has 2 saturated carbocycles. The SMILES string of the molecule is C[C@H](NC(=O)N(Cc1ccc([C@@H]2C[C@@H]2C)o1)C1CC1)c1nncn1C. The number of rotatable bonds is 6. The van der Waals surface area contributed by atoms with E-state index in [2.05, 4.69) is 28.5 Å². The number of furan rings is 1. The molecule has 7 nitrogen and oxygen atoms in total. The highest BCUT2D eigenvalue weighted by Gasteiger charge is 2.37. The standard InChI is InChI=1S/C18H25N5O2/c1-11-8-15(11)16-7-6-14(25-16)9-23(13-4-5-13)18(24)20-12(2)17-21-19-10-22(17)3/h6-7,10-13,15H,4-5,8-9H2,1-3H3,(H,20,24)/t11-,12-,15+/m0/s1. The summed E-state index contributed by atoms with van der Waals surface area (Å²) in [6.07, 6.45) is 4.95. The summed E-state index contributed by atoms with van der Waals surface area (Å²) < 4.78 is 7.81. The molecule has 25 heavy (non-hydrogen) atoms. The number of carbonyl (C=O) groups is 1. The van der Waals surface area contributed by atoms with Crippen LogP contribution in [0.25, 0.3) is 0 Å². The molecule has 1 N–H and O–H groups in total. The highest BCUT2D eigenvalue weighted by molar-refractivity contribution is 5.75. The fourth-order valence-electron chi connectivity index (χ4n) is 3.33. The van der Waals surface area contributed by atoms with Gasteiger partial charge in [-0.05, 0) is 44.2 Å². The van der Waals surface area contributed by atoms with E-state index in [1.807, 2.05) is 29.5 Å². The Morgan fingerprint density at radius 3 is 2.84 bits per heavy atom. The molecule has 0 radical (unpaired) electrons. The predicted molar refractivity (Wildman–Crippen MR) is 91.7 cm³/mol. The second-order valence-corrected chi connectivity index (χ2v) is 7.45. The van der Waals surface area contributed by atoms with Crippen molar-refractivity contribution in [3.8, 4) is 0 Å². The smallest absolute Gasteiger partial charge is 0.318 e. The van der Waals surface area contributed by atoms with Crippen molar-refractivity contribution >= 4 is 6.03 Å². The first kappa shape index (κ1) is 16.2. The molecule has 2 aromatic heterocycles. The van der Waals surface area contributed by atoms with Crippen LogP contribution in [0.15, 0.2) is 22.9 Å². The molecule has 3 atom stereocenters. The van der Waals surface area contributed by atoms with Crippen LogP contribution in [0.4, 0.5) is 4.79 Å². The number of aryl methyl sites for hydroxylation is 1. The molecule has 2 aromatic rings. The molecule has 0 bridgehead atoms. The normalized spacial score (nSPS) is 23.3. The molecule has 2 amide bonds. The number of amides is 2. The lowest BCUT2D eigenvalue weighted by molar-refractivity contribution is 0.182. The van der Waals surface area contributed by atoms with E-state index in [-0.39, 0.29) is 12.1 Å². The maximum atomic E-state index is 12.8. The molecule has 0 saturated heterocycles. The zero-order valence-electron chi connectivity index (χ0n) is 15.0. The van der Waals surface area contributed by atoms with Gasteiger partial charge >= 0.3 is 6.03 Å². The van der Waals surface area contributed by atoms with Gasteiger partial charge in [0.25, 0.3) is 0 Å². The molecular weight excluding hydrogens is 318 g/mol. The Balaban J connectivity index is 1.41. The summed E-state index contributed by atoms with van der Waals surface area (Å²) in [6, 6.07) is 4.11. The highest BCUT2D eigenvalue weighted by atomic mass is 16.3. The fraction of sp³-hybridized carbons (Fsp3) is 0.611. The molecule has 2 heterocycles. The number of nitrogens with zero attached hydrogens (tertiary/aromatic N) is 4. The molecule has 4 rings (SSSR count). The summed E-state index contributed by atoms with van der Waals surface area (Å²) >= 11 is 0. The van der Waals surface area contributed by atoms with Crippen molar-refractivity contribution < 1.29 is 9.21 Å². The molecule has 0 aromatic carbocycles. The Labute approximate surface area is 147 Å². The van der Waals surface area contributed by atoms with E-state index in [9.17, 15) is 4.79 Å². The van der Waals surface area contributed by atoms with Gasteiger partial charge in [-0.3, -0.25) is 0 Å². The molecule has 2 fully saturated rings. The third-order valence-electron chi connectivity index (χ3n) is 5.21. The number of nitrogens with one attached hydrogen (secondary N) is 1. The van der Waals surface area contributed by atoms with Crippen molar-refractivity contribution in [2.24, 2.45) is 13.0 Å². The Kier molecular flexibility index (Phi) is 4.01. The number of aromatic nitrogens is 3. The summed E-state index contributed by atoms with van der Waals surface area (Å²) in [7, 11) is 1.87. The number of hydrogen-bond acceptors (Lipinski definition) is 4. The topological polar surface area (TPSA) is 76.2 Å². The van der Waals surface area contributed by atoms with Crippen LogP contribution in [-0.4, -0.2) is 31.7 Å². The molecule has 2 aliphatic rings. The van der Waals surface area contributed by atoms with E-state index in [1.165, 1.54) is 6.42 Å². The van der Waals surface area contributed by atoms with Gasteiger partial charge in [0.1, 0.15) is 17.8 Å². The first-order valence-corrected chi connectivity index (χ1v) is 9.02. The van der Waals surface area contributed by atoms with Crippen LogP contribution in [0.2, 0.25) is 0 Å². The van der Waals surface area contributed by atoms with Gasteiger partial charge in [0.05, 0.1) is 12.6 Å². The molecule has 134 valence electrons. The average Bonchev–Trinajstić information content (AvgIpc) is 3.45. The van der Waals surface area contributed by atoms with Crippen LogP contribution in [-0.2, 0) is 13.6 Å². The monoisotopic (exact) mass is 343 g/mol. The first-order valence-electron chi connectivity index (χ1n) is 9.02. The van der Waals surface area contributed by atoms with Crippen LogP contribution in [0.3, 0.4) is 0 Å². The van der Waals surface area contributed by atoms with Crippen molar-refractivity contribution in [1.82, 2.24) is 25.0 Å². The maximum absolute atomic E-state index is 12.8. The average molecular weight is 343 g/mol. The minimum atomic E-state index is -0.194. The molecular formula is C18H25N5O2. The van der Waals surface area contributed by atoms with Crippen LogP contribution in [0.1, 0.15) is 62.4 Å². The Morgan fingerprint density at radius 1 is 1.48 bits per heavy atom. The van der Waals surface area contributed by atoms with Gasteiger partial charge in [0.15, 0.2) is 5.82 Å². The predicted octanol–water partition coefficient (Wildman–Crippen LogP) is 2.97. The Hall–Kier alpha value is -2.31. The van der Waals surface area contributed by atoms with Crippen LogP contribution < -0.4 is 5.32 Å². The van der Waals surface area contributed by atoms with Gasteiger partial charge in [0.2, 0.25) is 0 Å². The first-order chi connectivity index (χ1) is 12.0. The van der Waals surface area contributed by atoms with Crippen molar-refractivity contribution in [1.29, 1.82) is 0 Å². The molecule has 0 unspecified atom stereocenters. The summed E-state index contributed by atoms with van der Waals surface area (Å²) in [4.78, 5) is 14.6. The third-order valence-corrected chi connectivity index (χ3v) is 5.21. The fourth-order valence-corrected chi connectivity index (χ4v) is 3.33. The van der Waals surface area contributed by atoms with Gasteiger partial charge in [-0.2, -0.15) is 0 Å². The van der Waals surface area contributed by atoms with Crippen molar-refractivity contribution in [3.05, 3.63) is 35.8 Å². The van der Waals surface area contributed by atoms with Crippen LogP contribution in [0.5, 0.6) is 0 Å². The maximum Gasteiger partial charge on any atom is 0.318 e. The third kappa shape index (κ3) is 3.41. The van der Waals surface area contributed by atoms with Gasteiger partial charge in [0, 0.05) is 19.0 Å². The van der Waals surface area contributed by atoms with Gasteiger partial charge in [-0.25, -0.2) is 4.79 Å². The highest BCUT2D eigenvalue weighted by Crippen LogP contribution is 2.47. The van der Waals surface area contributed by atoms with Gasteiger partial charge in [-0.15, -0.1) is 10.2 Å². The Morgan fingerprint density at radius 2 is 2.24 bits per heavy atom. The second kappa shape index (κ2) is 6.20. The zero-order valence-corrected chi connectivity index (χ0v) is 15.0. The Bertz CT molecular complexity index is 763. The lowest BCUT2D eigenvalue weighted by Crippen LogP contribution is -2.42. The molecule has 2 aliphatic carbocycles. The van der Waals surface area contributed by atoms with Gasteiger partial charge < -0.3 is 19.2 Å². The van der Waals surface area contributed by atoms with E-state index in [1.54, 1.807) is 6.33 Å².